The maximum atomic E-state index is 12.4. The monoisotopic (exact) mass is 483 g/mol. The van der Waals surface area contributed by atoms with E-state index in [1.807, 2.05) is 77.5 Å². The van der Waals surface area contributed by atoms with Crippen molar-refractivity contribution in [3.8, 4) is 22.9 Å². The number of methoxy groups -OCH3 is 1. The lowest BCUT2D eigenvalue weighted by atomic mass is 10.2. The number of nitrogens with one attached hydrogen (secondary N) is 1. The van der Waals surface area contributed by atoms with E-state index in [-0.39, 0.29) is 5.91 Å². The Morgan fingerprint density at radius 3 is 2.75 bits per heavy atom. The van der Waals surface area contributed by atoms with Crippen molar-refractivity contribution >= 4 is 17.2 Å². The summed E-state index contributed by atoms with van der Waals surface area (Å²) in [5.74, 6) is 2.33. The van der Waals surface area contributed by atoms with Gasteiger partial charge in [0, 0.05) is 42.6 Å². The average molecular weight is 484 g/mol. The van der Waals surface area contributed by atoms with Crippen molar-refractivity contribution in [2.45, 2.75) is 25.9 Å². The van der Waals surface area contributed by atoms with Crippen LogP contribution in [0.3, 0.4) is 0 Å². The third kappa shape index (κ3) is 5.69. The lowest BCUT2D eigenvalue weighted by Gasteiger charge is -2.08. The maximum absolute atomic E-state index is 12.4. The Labute approximate surface area is 207 Å². The fourth-order valence-corrected chi connectivity index (χ4v) is 3.72. The van der Waals surface area contributed by atoms with Crippen LogP contribution in [0.1, 0.15) is 24.4 Å². The number of rotatable bonds is 10. The zero-order valence-corrected chi connectivity index (χ0v) is 19.8. The number of hydrogen-bond donors (Lipinski definition) is 1. The summed E-state index contributed by atoms with van der Waals surface area (Å²) in [6.07, 6.45) is 5.30. The van der Waals surface area contributed by atoms with Crippen LogP contribution in [0.4, 0.5) is 5.69 Å². The van der Waals surface area contributed by atoms with Crippen LogP contribution in [0.5, 0.6) is 11.5 Å². The van der Waals surface area contributed by atoms with Crippen molar-refractivity contribution in [2.24, 2.45) is 0 Å². The molecule has 0 bridgehead atoms. The SMILES string of the molecule is COc1ccc(-c2noc(CCCC(=O)Nc3cccc(OCc4cn5ccccc5n4)c3)n2)cc1. The van der Waals surface area contributed by atoms with Crippen LogP contribution < -0.4 is 14.8 Å². The Bertz CT molecular complexity index is 1430. The molecule has 0 saturated heterocycles. The molecular weight excluding hydrogens is 458 g/mol. The van der Waals surface area contributed by atoms with Crippen molar-refractivity contribution in [2.75, 3.05) is 12.4 Å². The number of anilines is 1. The third-order valence-corrected chi connectivity index (χ3v) is 5.53. The summed E-state index contributed by atoms with van der Waals surface area (Å²) in [7, 11) is 1.62. The highest BCUT2D eigenvalue weighted by molar-refractivity contribution is 5.90. The lowest BCUT2D eigenvalue weighted by molar-refractivity contribution is -0.116. The second kappa shape index (κ2) is 10.7. The second-order valence-corrected chi connectivity index (χ2v) is 8.16. The summed E-state index contributed by atoms with van der Waals surface area (Å²) in [5, 5.41) is 6.93. The number of carbonyl (C=O) groups excluding carboxylic acids is 1. The van der Waals surface area contributed by atoms with Gasteiger partial charge in [-0.15, -0.1) is 0 Å². The zero-order valence-electron chi connectivity index (χ0n) is 19.8. The predicted octanol–water partition coefficient (Wildman–Crippen LogP) is 4.93. The number of nitrogens with zero attached hydrogens (tertiary/aromatic N) is 4. The van der Waals surface area contributed by atoms with Crippen LogP contribution in [-0.2, 0) is 17.8 Å². The van der Waals surface area contributed by atoms with E-state index < -0.39 is 0 Å². The first kappa shape index (κ1) is 23.1. The molecule has 9 nitrogen and oxygen atoms in total. The Kier molecular flexibility index (Phi) is 6.88. The molecule has 0 unspecified atom stereocenters. The molecule has 0 aliphatic heterocycles. The molecule has 0 atom stereocenters. The minimum Gasteiger partial charge on any atom is -0.497 e. The number of aromatic nitrogens is 4. The van der Waals surface area contributed by atoms with Crippen molar-refractivity contribution in [3.05, 3.63) is 90.7 Å². The van der Waals surface area contributed by atoms with Crippen LogP contribution in [0.25, 0.3) is 17.0 Å². The van der Waals surface area contributed by atoms with Gasteiger partial charge in [0.2, 0.25) is 17.6 Å². The van der Waals surface area contributed by atoms with Gasteiger partial charge in [0.1, 0.15) is 23.8 Å². The first-order valence-corrected chi connectivity index (χ1v) is 11.6. The number of imidazole rings is 1. The summed E-state index contributed by atoms with van der Waals surface area (Å²) in [4.78, 5) is 21.4. The van der Waals surface area contributed by atoms with E-state index in [2.05, 4.69) is 20.4 Å². The van der Waals surface area contributed by atoms with Gasteiger partial charge in [-0.25, -0.2) is 4.98 Å². The molecule has 1 N–H and O–H groups in total. The molecule has 1 amide bonds. The van der Waals surface area contributed by atoms with Gasteiger partial charge in [0.25, 0.3) is 0 Å². The number of benzene rings is 2. The predicted molar refractivity (Wildman–Crippen MR) is 134 cm³/mol. The number of ether oxygens (including phenoxy) is 2. The van der Waals surface area contributed by atoms with Crippen LogP contribution in [0.15, 0.2) is 83.6 Å². The van der Waals surface area contributed by atoms with Gasteiger partial charge in [-0.3, -0.25) is 4.79 Å². The molecule has 36 heavy (non-hydrogen) atoms. The van der Waals surface area contributed by atoms with Gasteiger partial charge in [-0.2, -0.15) is 4.98 Å². The highest BCUT2D eigenvalue weighted by atomic mass is 16.5. The molecule has 2 aromatic carbocycles. The Morgan fingerprint density at radius 2 is 1.92 bits per heavy atom. The Morgan fingerprint density at radius 1 is 1.03 bits per heavy atom. The largest absolute Gasteiger partial charge is 0.497 e. The summed E-state index contributed by atoms with van der Waals surface area (Å²) >= 11 is 0. The zero-order chi connectivity index (χ0) is 24.7. The van der Waals surface area contributed by atoms with Gasteiger partial charge < -0.3 is 23.7 Å². The van der Waals surface area contributed by atoms with Gasteiger partial charge in [-0.05, 0) is 55.0 Å². The van der Waals surface area contributed by atoms with Crippen molar-refractivity contribution in [3.63, 3.8) is 0 Å². The van der Waals surface area contributed by atoms with Crippen molar-refractivity contribution < 1.29 is 18.8 Å². The summed E-state index contributed by atoms with van der Waals surface area (Å²) < 4.78 is 18.3. The first-order chi connectivity index (χ1) is 17.7. The number of carbonyl (C=O) groups is 1. The van der Waals surface area contributed by atoms with E-state index in [1.165, 1.54) is 0 Å². The molecule has 0 aliphatic carbocycles. The second-order valence-electron chi connectivity index (χ2n) is 8.16. The highest BCUT2D eigenvalue weighted by Gasteiger charge is 2.11. The smallest absolute Gasteiger partial charge is 0.226 e. The van der Waals surface area contributed by atoms with E-state index >= 15 is 0 Å². The molecule has 5 aromatic rings. The van der Waals surface area contributed by atoms with Crippen molar-refractivity contribution in [1.29, 1.82) is 0 Å². The Hall–Kier alpha value is -4.66. The molecule has 5 rings (SSSR count). The average Bonchev–Trinajstić information content (AvgIpc) is 3.55. The van der Waals surface area contributed by atoms with Gasteiger partial charge >= 0.3 is 0 Å². The van der Waals surface area contributed by atoms with Gasteiger partial charge in [0.15, 0.2) is 0 Å². The van der Waals surface area contributed by atoms with E-state index in [9.17, 15) is 4.79 Å². The number of aryl methyl sites for hydroxylation is 1. The summed E-state index contributed by atoms with van der Waals surface area (Å²) in [6, 6.07) is 20.6. The standard InChI is InChI=1S/C27H25N5O4/c1-34-22-13-11-19(12-14-22)27-30-26(36-31-27)10-5-9-25(33)29-20-6-4-7-23(16-20)35-18-21-17-32-15-3-2-8-24(32)28-21/h2-4,6-8,11-17H,5,9-10,18H2,1H3,(H,29,33). The summed E-state index contributed by atoms with van der Waals surface area (Å²) in [5.41, 5.74) is 3.21. The number of amides is 1. The van der Waals surface area contributed by atoms with E-state index in [4.69, 9.17) is 14.0 Å². The first-order valence-electron chi connectivity index (χ1n) is 11.6. The quantitative estimate of drug-likeness (QED) is 0.300. The van der Waals surface area contributed by atoms with Crippen LogP contribution >= 0.6 is 0 Å². The molecule has 0 saturated carbocycles. The van der Waals surface area contributed by atoms with Crippen molar-refractivity contribution in [1.82, 2.24) is 19.5 Å². The normalized spacial score (nSPS) is 10.9. The molecule has 0 spiro atoms. The molecule has 0 fully saturated rings. The minimum absolute atomic E-state index is 0.0950. The minimum atomic E-state index is -0.0950. The number of hydrogen-bond acceptors (Lipinski definition) is 7. The van der Waals surface area contributed by atoms with E-state index in [0.29, 0.717) is 49.0 Å². The molecule has 182 valence electrons. The van der Waals surface area contributed by atoms with E-state index in [1.54, 1.807) is 13.2 Å². The molecule has 0 radical (unpaired) electrons. The van der Waals surface area contributed by atoms with Gasteiger partial charge in [0.05, 0.1) is 12.8 Å². The fourth-order valence-electron chi connectivity index (χ4n) is 3.72. The lowest BCUT2D eigenvalue weighted by Crippen LogP contribution is -2.11. The van der Waals surface area contributed by atoms with Crippen LogP contribution in [0, 0.1) is 0 Å². The Balaban J connectivity index is 1.09. The third-order valence-electron chi connectivity index (χ3n) is 5.53. The molecular formula is C27H25N5O4. The topological polar surface area (TPSA) is 104 Å². The van der Waals surface area contributed by atoms with E-state index in [0.717, 1.165) is 22.7 Å². The van der Waals surface area contributed by atoms with Crippen LogP contribution in [0.2, 0.25) is 0 Å². The molecule has 9 heteroatoms. The number of fused-ring (bicyclic) bond motifs is 1. The summed E-state index contributed by atoms with van der Waals surface area (Å²) in [6.45, 7) is 0.335. The molecule has 3 heterocycles. The molecule has 3 aromatic heterocycles. The van der Waals surface area contributed by atoms with Gasteiger partial charge in [-0.1, -0.05) is 17.3 Å². The van der Waals surface area contributed by atoms with Crippen LogP contribution in [-0.4, -0.2) is 32.5 Å². The molecule has 0 aliphatic rings. The number of pyridine rings is 1. The fraction of sp³-hybridized carbons (Fsp3) is 0.185. The maximum Gasteiger partial charge on any atom is 0.226 e. The highest BCUT2D eigenvalue weighted by Crippen LogP contribution is 2.21.